The summed E-state index contributed by atoms with van der Waals surface area (Å²) in [6.07, 6.45) is 0. The van der Waals surface area contributed by atoms with Gasteiger partial charge in [0.05, 0.1) is 4.88 Å². The SMILES string of the molecule is O=C(NCc1ccc(Cl)cc1Cl)c1cccs1. The number of amides is 1. The van der Waals surface area contributed by atoms with Crippen LogP contribution in [0.15, 0.2) is 35.7 Å². The normalized spacial score (nSPS) is 10.2. The van der Waals surface area contributed by atoms with Crippen LogP contribution in [-0.4, -0.2) is 5.91 Å². The van der Waals surface area contributed by atoms with Gasteiger partial charge in [0.15, 0.2) is 0 Å². The second-order valence-corrected chi connectivity index (χ2v) is 5.19. The van der Waals surface area contributed by atoms with Crippen molar-refractivity contribution in [3.8, 4) is 0 Å². The first-order valence-electron chi connectivity index (χ1n) is 4.92. The molecular formula is C12H9Cl2NOS. The predicted octanol–water partition coefficient (Wildman–Crippen LogP) is 3.98. The van der Waals surface area contributed by atoms with E-state index in [4.69, 9.17) is 23.2 Å². The number of benzene rings is 1. The van der Waals surface area contributed by atoms with E-state index in [2.05, 4.69) is 5.32 Å². The predicted molar refractivity (Wildman–Crippen MR) is 72.0 cm³/mol. The summed E-state index contributed by atoms with van der Waals surface area (Å²) in [7, 11) is 0. The minimum Gasteiger partial charge on any atom is -0.347 e. The van der Waals surface area contributed by atoms with E-state index < -0.39 is 0 Å². The highest BCUT2D eigenvalue weighted by molar-refractivity contribution is 7.12. The highest BCUT2D eigenvalue weighted by atomic mass is 35.5. The van der Waals surface area contributed by atoms with E-state index in [1.54, 1.807) is 24.3 Å². The van der Waals surface area contributed by atoms with E-state index in [1.807, 2.05) is 11.4 Å². The van der Waals surface area contributed by atoms with Gasteiger partial charge >= 0.3 is 0 Å². The van der Waals surface area contributed by atoms with Crippen molar-refractivity contribution < 1.29 is 4.79 Å². The molecule has 0 atom stereocenters. The molecule has 2 aromatic rings. The lowest BCUT2D eigenvalue weighted by atomic mass is 10.2. The number of nitrogens with one attached hydrogen (secondary N) is 1. The second kappa shape index (κ2) is 5.54. The Morgan fingerprint density at radius 2 is 2.12 bits per heavy atom. The van der Waals surface area contributed by atoms with Crippen molar-refractivity contribution in [1.82, 2.24) is 5.32 Å². The average molecular weight is 286 g/mol. The first-order valence-corrected chi connectivity index (χ1v) is 6.56. The minimum absolute atomic E-state index is 0.0917. The number of thiophene rings is 1. The zero-order valence-electron chi connectivity index (χ0n) is 8.74. The van der Waals surface area contributed by atoms with Crippen molar-refractivity contribution in [2.75, 3.05) is 0 Å². The second-order valence-electron chi connectivity index (χ2n) is 3.40. The summed E-state index contributed by atoms with van der Waals surface area (Å²) >= 11 is 13.2. The van der Waals surface area contributed by atoms with Gasteiger partial charge in [-0.15, -0.1) is 11.3 Å². The molecule has 0 aliphatic carbocycles. The number of hydrogen-bond acceptors (Lipinski definition) is 2. The van der Waals surface area contributed by atoms with Gasteiger partial charge in [-0.25, -0.2) is 0 Å². The first kappa shape index (κ1) is 12.4. The molecule has 1 aromatic heterocycles. The molecule has 1 aromatic carbocycles. The van der Waals surface area contributed by atoms with Crippen LogP contribution in [0.3, 0.4) is 0 Å². The van der Waals surface area contributed by atoms with Gasteiger partial charge in [-0.1, -0.05) is 35.3 Å². The number of hydrogen-bond donors (Lipinski definition) is 1. The zero-order chi connectivity index (χ0) is 12.3. The Kier molecular flexibility index (Phi) is 4.05. The molecule has 0 spiro atoms. The van der Waals surface area contributed by atoms with Crippen molar-refractivity contribution in [1.29, 1.82) is 0 Å². The first-order chi connectivity index (χ1) is 8.16. The molecule has 1 heterocycles. The molecule has 0 saturated carbocycles. The Morgan fingerprint density at radius 1 is 1.29 bits per heavy atom. The molecule has 88 valence electrons. The molecule has 0 bridgehead atoms. The summed E-state index contributed by atoms with van der Waals surface area (Å²) in [4.78, 5) is 12.4. The smallest absolute Gasteiger partial charge is 0.261 e. The van der Waals surface area contributed by atoms with Gasteiger partial charge in [0.2, 0.25) is 0 Å². The number of rotatable bonds is 3. The van der Waals surface area contributed by atoms with Crippen LogP contribution in [0.5, 0.6) is 0 Å². The van der Waals surface area contributed by atoms with Crippen LogP contribution >= 0.6 is 34.5 Å². The molecule has 1 amide bonds. The van der Waals surface area contributed by atoms with Crippen LogP contribution in [0.1, 0.15) is 15.2 Å². The van der Waals surface area contributed by atoms with Gasteiger partial charge in [0.25, 0.3) is 5.91 Å². The maximum Gasteiger partial charge on any atom is 0.261 e. The summed E-state index contributed by atoms with van der Waals surface area (Å²) in [5.74, 6) is -0.0917. The Hall–Kier alpha value is -1.03. The highest BCUT2D eigenvalue weighted by Crippen LogP contribution is 2.20. The molecule has 2 nitrogen and oxygen atoms in total. The third-order valence-electron chi connectivity index (χ3n) is 2.20. The number of halogens is 2. The third kappa shape index (κ3) is 3.22. The molecule has 0 fully saturated rings. The third-order valence-corrected chi connectivity index (χ3v) is 3.66. The molecule has 0 saturated heterocycles. The Morgan fingerprint density at radius 3 is 2.76 bits per heavy atom. The number of carbonyl (C=O) groups excluding carboxylic acids is 1. The molecule has 5 heteroatoms. The van der Waals surface area contributed by atoms with E-state index in [-0.39, 0.29) is 5.91 Å². The maximum absolute atomic E-state index is 11.7. The average Bonchev–Trinajstić information content (AvgIpc) is 2.81. The summed E-state index contributed by atoms with van der Waals surface area (Å²) in [6, 6.07) is 8.84. The van der Waals surface area contributed by atoms with E-state index >= 15 is 0 Å². The Bertz CT molecular complexity index is 525. The van der Waals surface area contributed by atoms with Crippen LogP contribution in [0.4, 0.5) is 0 Å². The lowest BCUT2D eigenvalue weighted by Crippen LogP contribution is -2.21. The molecule has 2 rings (SSSR count). The van der Waals surface area contributed by atoms with Gasteiger partial charge < -0.3 is 5.32 Å². The van der Waals surface area contributed by atoms with Crippen LogP contribution < -0.4 is 5.32 Å². The molecule has 0 unspecified atom stereocenters. The fourth-order valence-electron chi connectivity index (χ4n) is 1.34. The lowest BCUT2D eigenvalue weighted by Gasteiger charge is -2.06. The van der Waals surface area contributed by atoms with Crippen molar-refractivity contribution in [2.24, 2.45) is 0 Å². The zero-order valence-corrected chi connectivity index (χ0v) is 11.1. The Balaban J connectivity index is 2.01. The molecule has 1 N–H and O–H groups in total. The van der Waals surface area contributed by atoms with Crippen LogP contribution in [0.2, 0.25) is 10.0 Å². The van der Waals surface area contributed by atoms with Gasteiger partial charge in [0.1, 0.15) is 0 Å². The van der Waals surface area contributed by atoms with E-state index in [0.29, 0.717) is 21.5 Å². The maximum atomic E-state index is 11.7. The topological polar surface area (TPSA) is 29.1 Å². The monoisotopic (exact) mass is 285 g/mol. The van der Waals surface area contributed by atoms with E-state index in [1.165, 1.54) is 11.3 Å². The quantitative estimate of drug-likeness (QED) is 0.908. The molecule has 0 aliphatic rings. The van der Waals surface area contributed by atoms with Crippen molar-refractivity contribution in [3.05, 3.63) is 56.2 Å². The molecule has 0 aliphatic heterocycles. The summed E-state index contributed by atoms with van der Waals surface area (Å²) in [5.41, 5.74) is 0.848. The standard InChI is InChI=1S/C12H9Cl2NOS/c13-9-4-3-8(10(14)6-9)7-15-12(16)11-2-1-5-17-11/h1-6H,7H2,(H,15,16). The number of carbonyl (C=O) groups is 1. The van der Waals surface area contributed by atoms with E-state index in [0.717, 1.165) is 5.56 Å². The highest BCUT2D eigenvalue weighted by Gasteiger charge is 2.07. The van der Waals surface area contributed by atoms with Crippen LogP contribution in [0, 0.1) is 0 Å². The van der Waals surface area contributed by atoms with Crippen molar-refractivity contribution in [3.63, 3.8) is 0 Å². The molecular weight excluding hydrogens is 277 g/mol. The minimum atomic E-state index is -0.0917. The largest absolute Gasteiger partial charge is 0.347 e. The van der Waals surface area contributed by atoms with Gasteiger partial charge in [-0.3, -0.25) is 4.79 Å². The summed E-state index contributed by atoms with van der Waals surface area (Å²) in [6.45, 7) is 0.396. The van der Waals surface area contributed by atoms with Crippen molar-refractivity contribution >= 4 is 40.4 Å². The van der Waals surface area contributed by atoms with Gasteiger partial charge in [0, 0.05) is 16.6 Å². The van der Waals surface area contributed by atoms with Gasteiger partial charge in [-0.05, 0) is 29.1 Å². The molecule has 17 heavy (non-hydrogen) atoms. The fourth-order valence-corrected chi connectivity index (χ4v) is 2.45. The van der Waals surface area contributed by atoms with Crippen molar-refractivity contribution in [2.45, 2.75) is 6.54 Å². The van der Waals surface area contributed by atoms with Crippen LogP contribution in [-0.2, 0) is 6.54 Å². The molecule has 0 radical (unpaired) electrons. The summed E-state index contributed by atoms with van der Waals surface area (Å²) in [5, 5.41) is 5.82. The van der Waals surface area contributed by atoms with E-state index in [9.17, 15) is 4.79 Å². The Labute approximate surface area is 113 Å². The lowest BCUT2D eigenvalue weighted by molar-refractivity contribution is 0.0955. The summed E-state index contributed by atoms with van der Waals surface area (Å²) < 4.78 is 0. The van der Waals surface area contributed by atoms with Crippen LogP contribution in [0.25, 0.3) is 0 Å². The van der Waals surface area contributed by atoms with Gasteiger partial charge in [-0.2, -0.15) is 0 Å². The fraction of sp³-hybridized carbons (Fsp3) is 0.0833.